The highest BCUT2D eigenvalue weighted by Crippen LogP contribution is 2.40. The molecule has 18 heavy (non-hydrogen) atoms. The first kappa shape index (κ1) is 13.7. The second kappa shape index (κ2) is 4.41. The molecule has 1 heterocycles. The van der Waals surface area contributed by atoms with Gasteiger partial charge in [-0.15, -0.1) is 0 Å². The van der Waals surface area contributed by atoms with Crippen molar-refractivity contribution in [3.05, 3.63) is 28.2 Å². The minimum absolute atomic E-state index is 0.0903. The van der Waals surface area contributed by atoms with Crippen molar-refractivity contribution in [2.24, 2.45) is 0 Å². The molecule has 1 aliphatic rings. The van der Waals surface area contributed by atoms with Gasteiger partial charge in [0.2, 0.25) is 10.0 Å². The van der Waals surface area contributed by atoms with Crippen LogP contribution < -0.4 is 4.31 Å². The molecule has 1 aromatic rings. The van der Waals surface area contributed by atoms with Gasteiger partial charge in [-0.25, -0.2) is 8.42 Å². The van der Waals surface area contributed by atoms with Crippen LogP contribution in [0.2, 0.25) is 0 Å². The smallest absolute Gasteiger partial charge is 0.270 e. The van der Waals surface area contributed by atoms with E-state index in [1.54, 1.807) is 0 Å². The van der Waals surface area contributed by atoms with E-state index in [-0.39, 0.29) is 22.5 Å². The Morgan fingerprint density at radius 2 is 1.94 bits per heavy atom. The summed E-state index contributed by atoms with van der Waals surface area (Å²) in [5.74, 6) is -0.111. The molecular weight excluding hydrogens is 335 g/mol. The maximum atomic E-state index is 12.9. The van der Waals surface area contributed by atoms with E-state index in [9.17, 15) is 21.6 Å². The molecule has 0 amide bonds. The third kappa shape index (κ3) is 2.49. The van der Waals surface area contributed by atoms with Crippen LogP contribution in [0.15, 0.2) is 22.7 Å². The zero-order valence-electron chi connectivity index (χ0n) is 9.04. The summed E-state index contributed by atoms with van der Waals surface area (Å²) in [6.07, 6.45) is -4.24. The van der Waals surface area contributed by atoms with Gasteiger partial charge in [0.25, 0.3) is 0 Å². The summed E-state index contributed by atoms with van der Waals surface area (Å²) >= 11 is 2.96. The van der Waals surface area contributed by atoms with E-state index in [0.717, 1.165) is 10.4 Å². The first-order valence-corrected chi connectivity index (χ1v) is 7.49. The zero-order chi connectivity index (χ0) is 13.6. The molecule has 1 fully saturated rings. The summed E-state index contributed by atoms with van der Waals surface area (Å²) in [5, 5.41) is 0. The van der Waals surface area contributed by atoms with E-state index in [1.807, 2.05) is 0 Å². The molecule has 1 aromatic carbocycles. The monoisotopic (exact) mass is 343 g/mol. The van der Waals surface area contributed by atoms with Crippen molar-refractivity contribution in [1.29, 1.82) is 0 Å². The van der Waals surface area contributed by atoms with Crippen molar-refractivity contribution >= 4 is 31.6 Å². The number of anilines is 1. The van der Waals surface area contributed by atoms with E-state index >= 15 is 0 Å². The summed E-state index contributed by atoms with van der Waals surface area (Å²) in [5.41, 5.74) is -1.24. The van der Waals surface area contributed by atoms with Gasteiger partial charge in [0.05, 0.1) is 17.0 Å². The van der Waals surface area contributed by atoms with Crippen molar-refractivity contribution < 1.29 is 21.6 Å². The second-order valence-electron chi connectivity index (χ2n) is 3.90. The lowest BCUT2D eigenvalue weighted by Gasteiger charge is -2.21. The second-order valence-corrected chi connectivity index (χ2v) is 6.83. The van der Waals surface area contributed by atoms with Gasteiger partial charge in [-0.2, -0.15) is 13.2 Å². The fraction of sp³-hybridized carbons (Fsp3) is 0.400. The Kier molecular flexibility index (Phi) is 3.35. The van der Waals surface area contributed by atoms with Gasteiger partial charge < -0.3 is 0 Å². The molecule has 0 aliphatic carbocycles. The van der Waals surface area contributed by atoms with Gasteiger partial charge in [-0.1, -0.05) is 15.9 Å². The zero-order valence-corrected chi connectivity index (χ0v) is 11.4. The molecule has 0 unspecified atom stereocenters. The molecule has 0 aromatic heterocycles. The van der Waals surface area contributed by atoms with Crippen molar-refractivity contribution in [1.82, 2.24) is 0 Å². The maximum absolute atomic E-state index is 12.9. The highest BCUT2D eigenvalue weighted by atomic mass is 79.9. The van der Waals surface area contributed by atoms with Crippen molar-refractivity contribution in [2.45, 2.75) is 12.6 Å². The summed E-state index contributed by atoms with van der Waals surface area (Å²) in [6.45, 7) is 0.0903. The number of benzene rings is 1. The molecule has 0 spiro atoms. The maximum Gasteiger partial charge on any atom is 0.418 e. The van der Waals surface area contributed by atoms with Gasteiger partial charge >= 0.3 is 6.18 Å². The van der Waals surface area contributed by atoms with Crippen LogP contribution in [0, 0.1) is 0 Å². The van der Waals surface area contributed by atoms with Gasteiger partial charge in [0.1, 0.15) is 0 Å². The lowest BCUT2D eigenvalue weighted by Crippen LogP contribution is -2.27. The van der Waals surface area contributed by atoms with Gasteiger partial charge in [-0.05, 0) is 24.6 Å². The average molecular weight is 344 g/mol. The average Bonchev–Trinajstić information content (AvgIpc) is 2.57. The minimum Gasteiger partial charge on any atom is -0.270 e. The fourth-order valence-corrected chi connectivity index (χ4v) is 3.80. The quantitative estimate of drug-likeness (QED) is 0.786. The molecule has 2 rings (SSSR count). The van der Waals surface area contributed by atoms with Crippen LogP contribution in [-0.2, 0) is 16.2 Å². The fourth-order valence-electron chi connectivity index (χ4n) is 1.86. The minimum atomic E-state index is -4.59. The Labute approximate surface area is 111 Å². The van der Waals surface area contributed by atoms with Crippen LogP contribution in [0.3, 0.4) is 0 Å². The molecule has 1 aliphatic heterocycles. The van der Waals surface area contributed by atoms with Crippen LogP contribution in [0.5, 0.6) is 0 Å². The first-order chi connectivity index (χ1) is 8.22. The number of alkyl halides is 3. The van der Waals surface area contributed by atoms with Gasteiger partial charge in [0, 0.05) is 11.0 Å². The first-order valence-electron chi connectivity index (χ1n) is 5.09. The number of halogens is 4. The van der Waals surface area contributed by atoms with Crippen molar-refractivity contribution in [3.8, 4) is 0 Å². The number of hydrogen-bond acceptors (Lipinski definition) is 2. The molecule has 0 radical (unpaired) electrons. The topological polar surface area (TPSA) is 37.4 Å². The third-order valence-corrected chi connectivity index (χ3v) is 4.98. The van der Waals surface area contributed by atoms with E-state index in [0.29, 0.717) is 6.42 Å². The van der Waals surface area contributed by atoms with Crippen LogP contribution in [0.4, 0.5) is 18.9 Å². The Hall–Kier alpha value is -0.760. The molecule has 1 saturated heterocycles. The summed E-state index contributed by atoms with van der Waals surface area (Å²) in [7, 11) is -3.62. The van der Waals surface area contributed by atoms with E-state index in [1.165, 1.54) is 12.1 Å². The summed E-state index contributed by atoms with van der Waals surface area (Å²) < 4.78 is 63.1. The molecule has 0 saturated carbocycles. The highest BCUT2D eigenvalue weighted by molar-refractivity contribution is 9.10. The van der Waals surface area contributed by atoms with Crippen LogP contribution in [-0.4, -0.2) is 20.7 Å². The lowest BCUT2D eigenvalue weighted by molar-refractivity contribution is -0.137. The Balaban J connectivity index is 2.58. The Morgan fingerprint density at radius 3 is 2.44 bits per heavy atom. The van der Waals surface area contributed by atoms with Crippen LogP contribution in [0.25, 0.3) is 0 Å². The van der Waals surface area contributed by atoms with E-state index in [4.69, 9.17) is 0 Å². The van der Waals surface area contributed by atoms with E-state index in [2.05, 4.69) is 15.9 Å². The molecule has 3 nitrogen and oxygen atoms in total. The molecule has 8 heteroatoms. The van der Waals surface area contributed by atoms with Crippen molar-refractivity contribution in [2.75, 3.05) is 16.6 Å². The van der Waals surface area contributed by atoms with Crippen molar-refractivity contribution in [3.63, 3.8) is 0 Å². The molecule has 0 atom stereocenters. The van der Waals surface area contributed by atoms with Gasteiger partial charge in [-0.3, -0.25) is 4.31 Å². The predicted molar refractivity (Wildman–Crippen MR) is 64.9 cm³/mol. The normalized spacial score (nSPS) is 19.2. The van der Waals surface area contributed by atoms with Crippen LogP contribution in [0.1, 0.15) is 12.0 Å². The Morgan fingerprint density at radius 1 is 1.28 bits per heavy atom. The van der Waals surface area contributed by atoms with E-state index < -0.39 is 21.8 Å². The molecule has 0 N–H and O–H groups in total. The highest BCUT2D eigenvalue weighted by Gasteiger charge is 2.39. The van der Waals surface area contributed by atoms with Crippen LogP contribution >= 0.6 is 15.9 Å². The standard InChI is InChI=1S/C10H9BrF3NO2S/c11-7-2-3-9(8(6-7)10(12,13)14)15-4-1-5-18(15,16)17/h2-3,6H,1,4-5H2. The third-order valence-electron chi connectivity index (χ3n) is 2.63. The largest absolute Gasteiger partial charge is 0.418 e. The van der Waals surface area contributed by atoms with Gasteiger partial charge in [0.15, 0.2) is 0 Å². The molecular formula is C10H9BrF3NO2S. The SMILES string of the molecule is O=S1(=O)CCCN1c1ccc(Br)cc1C(F)(F)F. The molecule has 100 valence electrons. The predicted octanol–water partition coefficient (Wildman–Crippen LogP) is 3.01. The number of nitrogens with zero attached hydrogens (tertiary/aromatic N) is 1. The summed E-state index contributed by atoms with van der Waals surface area (Å²) in [4.78, 5) is 0. The number of rotatable bonds is 1. The number of hydrogen-bond donors (Lipinski definition) is 0. The lowest BCUT2D eigenvalue weighted by atomic mass is 10.1. The number of sulfonamides is 1. The Bertz CT molecular complexity index is 571. The summed E-state index contributed by atoms with van der Waals surface area (Å²) in [6, 6.07) is 3.47. The molecule has 0 bridgehead atoms.